The minimum absolute atomic E-state index is 0.449. The molecule has 0 saturated heterocycles. The lowest BCUT2D eigenvalue weighted by atomic mass is 10.2. The molecule has 3 nitrogen and oxygen atoms in total. The minimum Gasteiger partial charge on any atom is -0.300 e. The Morgan fingerprint density at radius 3 is 2.93 bits per heavy atom. The van der Waals surface area contributed by atoms with E-state index in [0.29, 0.717) is 12.5 Å². The molecule has 0 aliphatic heterocycles. The predicted octanol–water partition coefficient (Wildman–Crippen LogP) is 2.81. The van der Waals surface area contributed by atoms with Crippen LogP contribution in [0.3, 0.4) is 0 Å². The molecule has 0 amide bonds. The van der Waals surface area contributed by atoms with Gasteiger partial charge in [-0.2, -0.15) is 0 Å². The Bertz CT molecular complexity index is 465. The van der Waals surface area contributed by atoms with Gasteiger partial charge in [0.05, 0.1) is 21.8 Å². The number of hydrogen-bond acceptors (Lipinski definition) is 4. The van der Waals surface area contributed by atoms with Gasteiger partial charge in [0.1, 0.15) is 0 Å². The Labute approximate surface area is 92.8 Å². The second-order valence-corrected chi connectivity index (χ2v) is 4.88. The third-order valence-electron chi connectivity index (χ3n) is 2.21. The molecule has 1 heterocycles. The van der Waals surface area contributed by atoms with Gasteiger partial charge in [-0.15, -0.1) is 11.3 Å². The first-order chi connectivity index (χ1) is 7.20. The number of fused-ring (bicyclic) bond motifs is 1. The second-order valence-electron chi connectivity index (χ2n) is 3.82. The lowest BCUT2D eigenvalue weighted by molar-refractivity contribution is 0.124. The molecule has 1 aromatic heterocycles. The highest BCUT2D eigenvalue weighted by Gasteiger charge is 2.07. The molecule has 2 N–H and O–H groups in total. The van der Waals surface area contributed by atoms with Gasteiger partial charge in [0, 0.05) is 5.92 Å². The molecule has 80 valence electrons. The molecule has 0 aliphatic rings. The maximum absolute atomic E-state index is 5.05. The van der Waals surface area contributed by atoms with Crippen LogP contribution in [0.2, 0.25) is 0 Å². The highest BCUT2D eigenvalue weighted by Crippen LogP contribution is 2.27. The number of aromatic nitrogens is 1. The van der Waals surface area contributed by atoms with Gasteiger partial charge in [-0.25, -0.2) is 10.9 Å². The van der Waals surface area contributed by atoms with Crippen molar-refractivity contribution in [3.05, 3.63) is 28.8 Å². The third-order valence-corrected chi connectivity index (χ3v) is 3.53. The molecule has 0 unspecified atom stereocenters. The van der Waals surface area contributed by atoms with E-state index in [1.807, 2.05) is 12.1 Å². The van der Waals surface area contributed by atoms with Crippen LogP contribution in [-0.2, 0) is 11.4 Å². The largest absolute Gasteiger partial charge is 0.300 e. The van der Waals surface area contributed by atoms with Gasteiger partial charge >= 0.3 is 0 Å². The van der Waals surface area contributed by atoms with Crippen molar-refractivity contribution in [1.29, 1.82) is 0 Å². The highest BCUT2D eigenvalue weighted by atomic mass is 32.1. The van der Waals surface area contributed by atoms with Crippen LogP contribution >= 0.6 is 11.3 Å². The molecule has 0 radical (unpaired) electrons. The summed E-state index contributed by atoms with van der Waals surface area (Å²) in [6.45, 7) is 4.76. The van der Waals surface area contributed by atoms with E-state index in [-0.39, 0.29) is 0 Å². The quantitative estimate of drug-likeness (QED) is 0.812. The smallest absolute Gasteiger partial charge is 0.0963 e. The zero-order chi connectivity index (χ0) is 10.8. The fourth-order valence-corrected chi connectivity index (χ4v) is 2.45. The topological polar surface area (TPSA) is 48.1 Å². The van der Waals surface area contributed by atoms with Gasteiger partial charge in [0.15, 0.2) is 0 Å². The summed E-state index contributed by atoms with van der Waals surface area (Å²) < 4.78 is 1.20. The molecule has 0 aliphatic carbocycles. The lowest BCUT2D eigenvalue weighted by Crippen LogP contribution is -1.98. The van der Waals surface area contributed by atoms with E-state index >= 15 is 0 Å². The number of nitrogens with two attached hydrogens (primary N) is 1. The molecular formula is C11H14N2OS. The van der Waals surface area contributed by atoms with E-state index in [9.17, 15) is 0 Å². The fourth-order valence-electron chi connectivity index (χ4n) is 1.42. The van der Waals surface area contributed by atoms with Crippen LogP contribution in [0.4, 0.5) is 0 Å². The van der Waals surface area contributed by atoms with Crippen LogP contribution in [0, 0.1) is 0 Å². The maximum Gasteiger partial charge on any atom is 0.0963 e. The van der Waals surface area contributed by atoms with Crippen molar-refractivity contribution in [2.24, 2.45) is 5.90 Å². The SMILES string of the molecule is CC(C)c1nc2ccc(CON)cc2s1. The average molecular weight is 222 g/mol. The van der Waals surface area contributed by atoms with Crippen LogP contribution in [0.15, 0.2) is 18.2 Å². The van der Waals surface area contributed by atoms with Crippen LogP contribution in [0.25, 0.3) is 10.2 Å². The number of nitrogens with zero attached hydrogens (tertiary/aromatic N) is 1. The third kappa shape index (κ3) is 2.17. The van der Waals surface area contributed by atoms with Gasteiger partial charge in [-0.3, -0.25) is 4.84 Å². The first kappa shape index (κ1) is 10.5. The van der Waals surface area contributed by atoms with Crippen molar-refractivity contribution < 1.29 is 4.84 Å². The lowest BCUT2D eigenvalue weighted by Gasteiger charge is -1.96. The molecule has 0 fully saturated rings. The van der Waals surface area contributed by atoms with Crippen molar-refractivity contribution >= 4 is 21.6 Å². The molecule has 0 bridgehead atoms. The first-order valence-electron chi connectivity index (χ1n) is 4.91. The summed E-state index contributed by atoms with van der Waals surface area (Å²) >= 11 is 1.74. The summed E-state index contributed by atoms with van der Waals surface area (Å²) in [5.41, 5.74) is 2.15. The standard InChI is InChI=1S/C11H14N2OS/c1-7(2)11-13-9-4-3-8(6-14-12)5-10(9)15-11/h3-5,7H,6,12H2,1-2H3. The maximum atomic E-state index is 5.05. The van der Waals surface area contributed by atoms with Gasteiger partial charge in [-0.1, -0.05) is 19.9 Å². The second kappa shape index (κ2) is 4.26. The Hall–Kier alpha value is -0.970. The summed E-state index contributed by atoms with van der Waals surface area (Å²) in [6.07, 6.45) is 0. The zero-order valence-corrected chi connectivity index (χ0v) is 9.67. The number of benzene rings is 1. The van der Waals surface area contributed by atoms with Crippen molar-refractivity contribution in [2.75, 3.05) is 0 Å². The summed E-state index contributed by atoms with van der Waals surface area (Å²) in [4.78, 5) is 9.18. The Morgan fingerprint density at radius 1 is 1.47 bits per heavy atom. The molecule has 2 rings (SSSR count). The minimum atomic E-state index is 0.449. The van der Waals surface area contributed by atoms with E-state index in [0.717, 1.165) is 11.1 Å². The molecule has 1 aromatic carbocycles. The van der Waals surface area contributed by atoms with E-state index in [1.54, 1.807) is 11.3 Å². The molecule has 0 atom stereocenters. The molecule has 0 spiro atoms. The van der Waals surface area contributed by atoms with Crippen molar-refractivity contribution in [3.8, 4) is 0 Å². The van der Waals surface area contributed by atoms with E-state index in [1.165, 1.54) is 9.71 Å². The molecule has 4 heteroatoms. The van der Waals surface area contributed by atoms with Crippen LogP contribution in [0.1, 0.15) is 30.3 Å². The Kier molecular flexibility index (Phi) is 3.00. The normalized spacial score (nSPS) is 11.5. The first-order valence-corrected chi connectivity index (χ1v) is 5.73. The summed E-state index contributed by atoms with van der Waals surface area (Å²) in [7, 11) is 0. The predicted molar refractivity (Wildman–Crippen MR) is 62.7 cm³/mol. The van der Waals surface area contributed by atoms with E-state index in [2.05, 4.69) is 29.7 Å². The molecule has 0 saturated carbocycles. The average Bonchev–Trinajstić information content (AvgIpc) is 2.61. The summed E-state index contributed by atoms with van der Waals surface area (Å²) in [5.74, 6) is 5.53. The summed E-state index contributed by atoms with van der Waals surface area (Å²) in [6, 6.07) is 6.11. The molecular weight excluding hydrogens is 208 g/mol. The monoisotopic (exact) mass is 222 g/mol. The Morgan fingerprint density at radius 2 is 2.27 bits per heavy atom. The number of hydrogen-bond donors (Lipinski definition) is 1. The zero-order valence-electron chi connectivity index (χ0n) is 8.86. The summed E-state index contributed by atoms with van der Waals surface area (Å²) in [5, 5.41) is 1.18. The molecule has 2 aromatic rings. The van der Waals surface area contributed by atoms with Crippen molar-refractivity contribution in [3.63, 3.8) is 0 Å². The molecule has 15 heavy (non-hydrogen) atoms. The van der Waals surface area contributed by atoms with Gasteiger partial charge in [0.25, 0.3) is 0 Å². The van der Waals surface area contributed by atoms with Gasteiger partial charge < -0.3 is 0 Å². The van der Waals surface area contributed by atoms with Crippen LogP contribution in [0.5, 0.6) is 0 Å². The van der Waals surface area contributed by atoms with Crippen molar-refractivity contribution in [2.45, 2.75) is 26.4 Å². The van der Waals surface area contributed by atoms with Gasteiger partial charge in [-0.05, 0) is 17.7 Å². The van der Waals surface area contributed by atoms with E-state index in [4.69, 9.17) is 5.90 Å². The van der Waals surface area contributed by atoms with Crippen molar-refractivity contribution in [1.82, 2.24) is 4.98 Å². The number of thiazole rings is 1. The van der Waals surface area contributed by atoms with E-state index < -0.39 is 0 Å². The van der Waals surface area contributed by atoms with Crippen LogP contribution in [-0.4, -0.2) is 4.98 Å². The fraction of sp³-hybridized carbons (Fsp3) is 0.364. The van der Waals surface area contributed by atoms with Crippen LogP contribution < -0.4 is 5.90 Å². The Balaban J connectivity index is 2.43. The number of rotatable bonds is 3. The highest BCUT2D eigenvalue weighted by molar-refractivity contribution is 7.18. The van der Waals surface area contributed by atoms with Gasteiger partial charge in [0.2, 0.25) is 0 Å².